The zero-order valence-electron chi connectivity index (χ0n) is 11.8. The zero-order chi connectivity index (χ0) is 17.3. The van der Waals surface area contributed by atoms with Crippen molar-refractivity contribution in [1.82, 2.24) is 0 Å². The van der Waals surface area contributed by atoms with Gasteiger partial charge < -0.3 is 4.74 Å². The van der Waals surface area contributed by atoms with Crippen LogP contribution in [0.4, 0.5) is 36.8 Å². The molecule has 0 aliphatic carbocycles. The molecule has 1 N–H and O–H groups in total. The Morgan fingerprint density at radius 1 is 0.909 bits per heavy atom. The Labute approximate surface area is 122 Å². The van der Waals surface area contributed by atoms with E-state index in [0.717, 1.165) is 0 Å². The van der Waals surface area contributed by atoms with Crippen molar-refractivity contribution in [3.63, 3.8) is 0 Å². The maximum atomic E-state index is 12.6. The van der Waals surface area contributed by atoms with E-state index in [1.165, 1.54) is 20.8 Å². The first-order chi connectivity index (χ1) is 9.68. The largest absolute Gasteiger partial charge is 0.444 e. The van der Waals surface area contributed by atoms with Gasteiger partial charge >= 0.3 is 18.4 Å². The molecule has 1 aromatic carbocycles. The summed E-state index contributed by atoms with van der Waals surface area (Å²) in [6, 6.07) is 0.776. The summed E-state index contributed by atoms with van der Waals surface area (Å²) in [5.41, 5.74) is -4.64. The van der Waals surface area contributed by atoms with Crippen LogP contribution in [0.25, 0.3) is 0 Å². The Hall–Kier alpha value is -1.93. The van der Waals surface area contributed by atoms with Crippen LogP contribution in [-0.2, 0) is 17.1 Å². The fourth-order valence-electron chi connectivity index (χ4n) is 1.45. The third-order valence-corrected chi connectivity index (χ3v) is 2.23. The van der Waals surface area contributed by atoms with Crippen molar-refractivity contribution in [2.24, 2.45) is 0 Å². The number of carbonyl (C=O) groups is 1. The predicted molar refractivity (Wildman–Crippen MR) is 66.3 cm³/mol. The van der Waals surface area contributed by atoms with Crippen LogP contribution < -0.4 is 5.32 Å². The highest BCUT2D eigenvalue weighted by Gasteiger charge is 2.37. The van der Waals surface area contributed by atoms with Gasteiger partial charge in [-0.1, -0.05) is 0 Å². The second kappa shape index (κ2) is 5.69. The highest BCUT2D eigenvalue weighted by atomic mass is 19.4. The molecular weight excluding hydrogens is 316 g/mol. The molecule has 1 rings (SSSR count). The second-order valence-corrected chi connectivity index (χ2v) is 5.42. The average Bonchev–Trinajstić information content (AvgIpc) is 2.23. The third kappa shape index (κ3) is 5.45. The van der Waals surface area contributed by atoms with Gasteiger partial charge in [0.15, 0.2) is 0 Å². The number of alkyl halides is 6. The van der Waals surface area contributed by atoms with Gasteiger partial charge in [0.1, 0.15) is 5.60 Å². The Bertz CT molecular complexity index is 525. The Kier molecular flexibility index (Phi) is 4.69. The minimum Gasteiger partial charge on any atom is -0.444 e. The van der Waals surface area contributed by atoms with Gasteiger partial charge in [-0.2, -0.15) is 26.3 Å². The van der Waals surface area contributed by atoms with E-state index in [1.54, 1.807) is 0 Å². The molecule has 0 spiro atoms. The Morgan fingerprint density at radius 3 is 1.64 bits per heavy atom. The number of anilines is 1. The molecule has 0 heterocycles. The molecule has 0 unspecified atom stereocenters. The summed E-state index contributed by atoms with van der Waals surface area (Å²) in [6.45, 7) is 4.50. The lowest BCUT2D eigenvalue weighted by Gasteiger charge is -2.20. The molecular formula is C13H13F6NO2. The van der Waals surface area contributed by atoms with Crippen molar-refractivity contribution >= 4 is 11.8 Å². The van der Waals surface area contributed by atoms with Crippen molar-refractivity contribution in [2.45, 2.75) is 38.7 Å². The van der Waals surface area contributed by atoms with Crippen molar-refractivity contribution < 1.29 is 35.9 Å². The normalized spacial score (nSPS) is 13.0. The lowest BCUT2D eigenvalue weighted by Crippen LogP contribution is -2.27. The van der Waals surface area contributed by atoms with Crippen molar-refractivity contribution in [3.8, 4) is 0 Å². The summed E-state index contributed by atoms with van der Waals surface area (Å²) in [6.07, 6.45) is -11.1. The van der Waals surface area contributed by atoms with Gasteiger partial charge in [0.2, 0.25) is 0 Å². The van der Waals surface area contributed by atoms with Crippen LogP contribution in [0.3, 0.4) is 0 Å². The molecule has 0 atom stereocenters. The number of amides is 1. The number of hydrogen-bond acceptors (Lipinski definition) is 2. The predicted octanol–water partition coefficient (Wildman–Crippen LogP) is 5.07. The van der Waals surface area contributed by atoms with Gasteiger partial charge in [-0.3, -0.25) is 5.32 Å². The maximum absolute atomic E-state index is 12.6. The first-order valence-electron chi connectivity index (χ1n) is 5.98. The average molecular weight is 329 g/mol. The van der Waals surface area contributed by atoms with Crippen LogP contribution in [0.15, 0.2) is 18.2 Å². The zero-order valence-corrected chi connectivity index (χ0v) is 11.8. The summed E-state index contributed by atoms with van der Waals surface area (Å²) >= 11 is 0. The van der Waals surface area contributed by atoms with Crippen molar-refractivity contribution in [2.75, 3.05) is 5.32 Å². The maximum Gasteiger partial charge on any atom is 0.416 e. The van der Waals surface area contributed by atoms with Crippen LogP contribution >= 0.6 is 0 Å². The molecule has 124 valence electrons. The number of ether oxygens (including phenoxy) is 1. The molecule has 0 radical (unpaired) electrons. The standard InChI is InChI=1S/C13H13F6NO2/c1-11(2,3)22-10(21)20-9-5-7(12(14,15)16)4-8(6-9)13(17,18)19/h4-6H,1-3H3,(H,20,21). The summed E-state index contributed by atoms with van der Waals surface area (Å²) in [7, 11) is 0. The number of hydrogen-bond donors (Lipinski definition) is 1. The highest BCUT2D eigenvalue weighted by molar-refractivity contribution is 5.85. The minimum absolute atomic E-state index is 0.0275. The SMILES string of the molecule is CC(C)(C)OC(=O)Nc1cc(C(F)(F)F)cc(C(F)(F)F)c1. The van der Waals surface area contributed by atoms with Gasteiger partial charge in [-0.05, 0) is 39.0 Å². The second-order valence-electron chi connectivity index (χ2n) is 5.42. The number of benzene rings is 1. The monoisotopic (exact) mass is 329 g/mol. The molecule has 1 aromatic rings. The van der Waals surface area contributed by atoms with E-state index in [-0.39, 0.29) is 6.07 Å². The van der Waals surface area contributed by atoms with E-state index >= 15 is 0 Å². The number of halogens is 6. The summed E-state index contributed by atoms with van der Waals surface area (Å²) in [5, 5.41) is 1.86. The Morgan fingerprint density at radius 2 is 1.32 bits per heavy atom. The van der Waals surface area contributed by atoms with Gasteiger partial charge in [-0.25, -0.2) is 4.79 Å². The third-order valence-electron chi connectivity index (χ3n) is 2.23. The quantitative estimate of drug-likeness (QED) is 0.731. The number of nitrogens with one attached hydrogen (secondary N) is 1. The summed E-state index contributed by atoms with van der Waals surface area (Å²) in [5.74, 6) is 0. The molecule has 9 heteroatoms. The van der Waals surface area contributed by atoms with Crippen LogP contribution in [0.1, 0.15) is 31.9 Å². The van der Waals surface area contributed by atoms with Gasteiger partial charge in [0.25, 0.3) is 0 Å². The fraction of sp³-hybridized carbons (Fsp3) is 0.462. The van der Waals surface area contributed by atoms with Crippen molar-refractivity contribution in [1.29, 1.82) is 0 Å². The molecule has 0 saturated carbocycles. The van der Waals surface area contributed by atoms with E-state index in [9.17, 15) is 31.1 Å². The molecule has 0 saturated heterocycles. The minimum atomic E-state index is -4.98. The van der Waals surface area contributed by atoms with Gasteiger partial charge in [0, 0.05) is 5.69 Å². The number of carbonyl (C=O) groups excluding carboxylic acids is 1. The van der Waals surface area contributed by atoms with E-state index in [1.807, 2.05) is 5.32 Å². The molecule has 0 fully saturated rings. The lowest BCUT2D eigenvalue weighted by atomic mass is 10.1. The summed E-state index contributed by atoms with van der Waals surface area (Å²) < 4.78 is 80.6. The van der Waals surface area contributed by atoms with Crippen LogP contribution in [0.2, 0.25) is 0 Å². The molecule has 0 aromatic heterocycles. The fourth-order valence-corrected chi connectivity index (χ4v) is 1.45. The lowest BCUT2D eigenvalue weighted by molar-refractivity contribution is -0.143. The van der Waals surface area contributed by atoms with E-state index in [4.69, 9.17) is 4.74 Å². The molecule has 22 heavy (non-hydrogen) atoms. The number of rotatable bonds is 1. The highest BCUT2D eigenvalue weighted by Crippen LogP contribution is 2.37. The topological polar surface area (TPSA) is 38.3 Å². The first kappa shape index (κ1) is 18.1. The van der Waals surface area contributed by atoms with E-state index in [0.29, 0.717) is 12.1 Å². The van der Waals surface area contributed by atoms with Crippen LogP contribution in [0.5, 0.6) is 0 Å². The van der Waals surface area contributed by atoms with Gasteiger partial charge in [-0.15, -0.1) is 0 Å². The summed E-state index contributed by atoms with van der Waals surface area (Å²) in [4.78, 5) is 11.5. The molecule has 0 bridgehead atoms. The molecule has 0 aliphatic rings. The van der Waals surface area contributed by atoms with E-state index < -0.39 is 40.9 Å². The van der Waals surface area contributed by atoms with Crippen molar-refractivity contribution in [3.05, 3.63) is 29.3 Å². The van der Waals surface area contributed by atoms with E-state index in [2.05, 4.69) is 0 Å². The van der Waals surface area contributed by atoms with Crippen LogP contribution in [-0.4, -0.2) is 11.7 Å². The molecule has 0 aliphatic heterocycles. The molecule has 3 nitrogen and oxygen atoms in total. The van der Waals surface area contributed by atoms with Gasteiger partial charge in [0.05, 0.1) is 11.1 Å². The molecule has 1 amide bonds. The van der Waals surface area contributed by atoms with Crippen LogP contribution in [0, 0.1) is 0 Å². The Balaban J connectivity index is 3.17. The smallest absolute Gasteiger partial charge is 0.416 e. The first-order valence-corrected chi connectivity index (χ1v) is 5.98.